The molecule has 1 aromatic carbocycles. The molecule has 2 fully saturated rings. The van der Waals surface area contributed by atoms with Crippen LogP contribution in [0.1, 0.15) is 52.4 Å². The lowest BCUT2D eigenvalue weighted by molar-refractivity contribution is 0.590. The van der Waals surface area contributed by atoms with Gasteiger partial charge >= 0.3 is 0 Å². The summed E-state index contributed by atoms with van der Waals surface area (Å²) in [7, 11) is 0.0633. The highest BCUT2D eigenvalue weighted by Crippen LogP contribution is 2.59. The van der Waals surface area contributed by atoms with Crippen LogP contribution in [0.15, 0.2) is 30.3 Å². The Labute approximate surface area is 119 Å². The fraction of sp³-hybridized carbons (Fsp3) is 0.667. The lowest BCUT2D eigenvalue weighted by atomic mass is 10.1. The van der Waals surface area contributed by atoms with Crippen molar-refractivity contribution >= 4 is 13.2 Å². The lowest BCUT2D eigenvalue weighted by Gasteiger charge is -2.35. The minimum absolute atomic E-state index is 0.0633. The highest BCUT2D eigenvalue weighted by molar-refractivity contribution is 7.67. The van der Waals surface area contributed by atoms with E-state index in [0.29, 0.717) is 0 Å². The van der Waals surface area contributed by atoms with E-state index in [1.807, 2.05) is 0 Å². The summed E-state index contributed by atoms with van der Waals surface area (Å²) in [6.07, 6.45) is 8.86. The zero-order chi connectivity index (χ0) is 13.2. The molecule has 104 valence electrons. The van der Waals surface area contributed by atoms with Crippen molar-refractivity contribution in [2.45, 2.75) is 63.7 Å². The van der Waals surface area contributed by atoms with E-state index in [1.165, 1.54) is 38.5 Å². The third-order valence-electron chi connectivity index (χ3n) is 5.40. The van der Waals surface area contributed by atoms with Crippen LogP contribution < -0.4 is 5.30 Å². The Morgan fingerprint density at radius 2 is 1.32 bits per heavy atom. The number of rotatable bonds is 3. The first kappa shape index (κ1) is 13.6. The predicted molar refractivity (Wildman–Crippen MR) is 86.6 cm³/mol. The summed E-state index contributed by atoms with van der Waals surface area (Å²) >= 11 is 0. The molecule has 0 amide bonds. The summed E-state index contributed by atoms with van der Waals surface area (Å²) in [5, 5.41) is 1.69. The quantitative estimate of drug-likeness (QED) is 0.667. The third kappa shape index (κ3) is 2.75. The van der Waals surface area contributed by atoms with Gasteiger partial charge in [-0.25, -0.2) is 0 Å². The Hall–Kier alpha value is -0.350. The van der Waals surface area contributed by atoms with Crippen molar-refractivity contribution in [1.82, 2.24) is 0 Å². The molecular weight excluding hydrogens is 247 g/mol. The zero-order valence-corrected chi connectivity index (χ0v) is 13.3. The van der Waals surface area contributed by atoms with Crippen molar-refractivity contribution in [3.05, 3.63) is 30.3 Å². The highest BCUT2D eigenvalue weighted by Gasteiger charge is 2.39. The molecule has 2 saturated carbocycles. The fourth-order valence-electron chi connectivity index (χ4n) is 4.31. The smallest absolute Gasteiger partial charge is 0.0141 e. The molecule has 3 rings (SSSR count). The van der Waals surface area contributed by atoms with E-state index >= 15 is 0 Å². The molecule has 0 aromatic heterocycles. The van der Waals surface area contributed by atoms with Crippen molar-refractivity contribution in [1.29, 1.82) is 0 Å². The molecule has 0 bridgehead atoms. The van der Waals surface area contributed by atoms with Gasteiger partial charge in [-0.1, -0.05) is 77.8 Å². The van der Waals surface area contributed by atoms with E-state index in [2.05, 4.69) is 44.2 Å². The number of hydrogen-bond acceptors (Lipinski definition) is 0. The summed E-state index contributed by atoms with van der Waals surface area (Å²) in [6.45, 7) is 5.02. The van der Waals surface area contributed by atoms with Crippen LogP contribution in [0.25, 0.3) is 0 Å². The molecule has 4 unspecified atom stereocenters. The summed E-state index contributed by atoms with van der Waals surface area (Å²) in [4.78, 5) is 0. The van der Waals surface area contributed by atoms with Crippen molar-refractivity contribution in [3.63, 3.8) is 0 Å². The molecule has 0 N–H and O–H groups in total. The molecule has 0 heterocycles. The average molecular weight is 274 g/mol. The van der Waals surface area contributed by atoms with Crippen molar-refractivity contribution in [2.24, 2.45) is 11.8 Å². The van der Waals surface area contributed by atoms with Crippen LogP contribution in [-0.4, -0.2) is 11.3 Å². The maximum absolute atomic E-state index is 2.51. The molecule has 19 heavy (non-hydrogen) atoms. The molecule has 0 radical (unpaired) electrons. The van der Waals surface area contributed by atoms with E-state index in [4.69, 9.17) is 0 Å². The Morgan fingerprint density at radius 3 is 1.74 bits per heavy atom. The molecule has 0 aliphatic heterocycles. The van der Waals surface area contributed by atoms with Gasteiger partial charge < -0.3 is 0 Å². The summed E-state index contributed by atoms with van der Waals surface area (Å²) in [5.74, 6) is 1.92. The van der Waals surface area contributed by atoms with E-state index in [-0.39, 0.29) is 7.92 Å². The SMILES string of the molecule is CC1CCCC1P(c1ccccc1)C1CCCC1C. The summed E-state index contributed by atoms with van der Waals surface area (Å²) in [6, 6.07) is 11.5. The Bertz CT molecular complexity index is 379. The second-order valence-electron chi connectivity index (χ2n) is 6.69. The third-order valence-corrected chi connectivity index (χ3v) is 9.26. The number of benzene rings is 1. The average Bonchev–Trinajstić information content (AvgIpc) is 3.02. The van der Waals surface area contributed by atoms with Crippen LogP contribution in [0.2, 0.25) is 0 Å². The van der Waals surface area contributed by atoms with Gasteiger partial charge in [-0.05, 0) is 41.3 Å². The second-order valence-corrected chi connectivity index (χ2v) is 9.35. The van der Waals surface area contributed by atoms with E-state index in [1.54, 1.807) is 5.30 Å². The minimum atomic E-state index is 0.0633. The van der Waals surface area contributed by atoms with Gasteiger partial charge in [-0.2, -0.15) is 0 Å². The van der Waals surface area contributed by atoms with Gasteiger partial charge in [0.15, 0.2) is 0 Å². The van der Waals surface area contributed by atoms with E-state index < -0.39 is 0 Å². The van der Waals surface area contributed by atoms with Crippen LogP contribution in [0.4, 0.5) is 0 Å². The van der Waals surface area contributed by atoms with E-state index in [9.17, 15) is 0 Å². The van der Waals surface area contributed by atoms with Crippen LogP contribution in [0.5, 0.6) is 0 Å². The first-order valence-electron chi connectivity index (χ1n) is 8.11. The molecule has 0 nitrogen and oxygen atoms in total. The monoisotopic (exact) mass is 274 g/mol. The predicted octanol–water partition coefficient (Wildman–Crippen LogP) is 5.17. The van der Waals surface area contributed by atoms with Crippen molar-refractivity contribution in [3.8, 4) is 0 Å². The fourth-order valence-corrected chi connectivity index (χ4v) is 8.40. The Balaban J connectivity index is 1.91. The van der Waals surface area contributed by atoms with Gasteiger partial charge in [0.1, 0.15) is 0 Å². The molecule has 1 aromatic rings. The Morgan fingerprint density at radius 1 is 0.789 bits per heavy atom. The van der Waals surface area contributed by atoms with Gasteiger partial charge in [0.25, 0.3) is 0 Å². The largest absolute Gasteiger partial charge is 0.0684 e. The van der Waals surface area contributed by atoms with Gasteiger partial charge in [0.2, 0.25) is 0 Å². The molecule has 0 saturated heterocycles. The summed E-state index contributed by atoms with van der Waals surface area (Å²) in [5.41, 5.74) is 2.01. The normalized spacial score (nSPS) is 36.5. The maximum atomic E-state index is 2.51. The molecule has 2 aliphatic carbocycles. The van der Waals surface area contributed by atoms with Gasteiger partial charge in [-0.3, -0.25) is 0 Å². The molecule has 1 heteroatoms. The van der Waals surface area contributed by atoms with Crippen LogP contribution in [-0.2, 0) is 0 Å². The number of hydrogen-bond donors (Lipinski definition) is 0. The van der Waals surface area contributed by atoms with Gasteiger partial charge in [0.05, 0.1) is 0 Å². The zero-order valence-electron chi connectivity index (χ0n) is 12.4. The van der Waals surface area contributed by atoms with Crippen LogP contribution >= 0.6 is 7.92 Å². The van der Waals surface area contributed by atoms with Gasteiger partial charge in [-0.15, -0.1) is 0 Å². The minimum Gasteiger partial charge on any atom is -0.0684 e. The molecular formula is C18H27P. The first-order chi connectivity index (χ1) is 9.27. The lowest BCUT2D eigenvalue weighted by Crippen LogP contribution is -2.25. The van der Waals surface area contributed by atoms with Gasteiger partial charge in [0, 0.05) is 0 Å². The van der Waals surface area contributed by atoms with Crippen molar-refractivity contribution < 1.29 is 0 Å². The molecule has 0 spiro atoms. The molecule has 4 atom stereocenters. The topological polar surface area (TPSA) is 0 Å². The standard InChI is InChI=1S/C18H27P/c1-14-8-6-12-17(14)19(16-10-4-3-5-11-16)18-13-7-9-15(18)2/h3-5,10-11,14-15,17-18H,6-9,12-13H2,1-2H3. The Kier molecular flexibility index (Phi) is 4.27. The maximum Gasteiger partial charge on any atom is -0.0141 e. The van der Waals surface area contributed by atoms with E-state index in [0.717, 1.165) is 23.2 Å². The van der Waals surface area contributed by atoms with Crippen LogP contribution in [0.3, 0.4) is 0 Å². The highest BCUT2D eigenvalue weighted by atomic mass is 31.1. The van der Waals surface area contributed by atoms with Crippen LogP contribution in [0, 0.1) is 11.8 Å². The van der Waals surface area contributed by atoms with Crippen molar-refractivity contribution in [2.75, 3.05) is 0 Å². The first-order valence-corrected chi connectivity index (χ1v) is 9.59. The second kappa shape index (κ2) is 5.96. The summed E-state index contributed by atoms with van der Waals surface area (Å²) < 4.78 is 0. The molecule has 2 aliphatic rings.